The van der Waals surface area contributed by atoms with E-state index in [9.17, 15) is 15.0 Å². The fraction of sp³-hybridized carbons (Fsp3) is 0.571. The van der Waals surface area contributed by atoms with Gasteiger partial charge in [0, 0.05) is 12.3 Å². The second kappa shape index (κ2) is 7.41. The number of esters is 1. The number of aliphatic hydroxyl groups is 2. The zero-order chi connectivity index (χ0) is 18.8. The molecular weight excluding hydrogens is 330 g/mol. The Bertz CT molecular complexity index is 655. The first kappa shape index (κ1) is 18.9. The number of aliphatic hydroxyl groups excluding tert-OH is 1. The third kappa shape index (κ3) is 3.79. The lowest BCUT2D eigenvalue weighted by molar-refractivity contribution is -0.895. The van der Waals surface area contributed by atoms with Gasteiger partial charge >= 0.3 is 5.97 Å². The Morgan fingerprint density at radius 2 is 1.92 bits per heavy atom. The van der Waals surface area contributed by atoms with E-state index in [-0.39, 0.29) is 17.8 Å². The third-order valence-corrected chi connectivity index (χ3v) is 5.94. The molecule has 5 nitrogen and oxygen atoms in total. The van der Waals surface area contributed by atoms with Crippen LogP contribution in [0.25, 0.3) is 0 Å². The van der Waals surface area contributed by atoms with Crippen molar-refractivity contribution in [1.29, 1.82) is 0 Å². The van der Waals surface area contributed by atoms with Crippen molar-refractivity contribution in [2.45, 2.75) is 43.8 Å². The van der Waals surface area contributed by atoms with E-state index in [0.717, 1.165) is 38.6 Å². The van der Waals surface area contributed by atoms with Gasteiger partial charge in [0.1, 0.15) is 18.8 Å². The minimum absolute atomic E-state index is 0.100. The maximum absolute atomic E-state index is 13.1. The molecule has 1 aromatic carbocycles. The second-order valence-corrected chi connectivity index (χ2v) is 8.18. The molecule has 0 radical (unpaired) electrons. The summed E-state index contributed by atoms with van der Waals surface area (Å²) in [4.78, 5) is 13.1. The Morgan fingerprint density at radius 1 is 1.27 bits per heavy atom. The van der Waals surface area contributed by atoms with Crippen molar-refractivity contribution in [3.8, 4) is 0 Å². The summed E-state index contributed by atoms with van der Waals surface area (Å²) in [5.74, 6) is -0.486. The summed E-state index contributed by atoms with van der Waals surface area (Å²) < 4.78 is 6.40. The first-order chi connectivity index (χ1) is 12.3. The minimum atomic E-state index is -1.58. The fourth-order valence-electron chi connectivity index (χ4n) is 4.61. The quantitative estimate of drug-likeness (QED) is 0.465. The van der Waals surface area contributed by atoms with Gasteiger partial charge in [-0.25, -0.2) is 4.79 Å². The van der Waals surface area contributed by atoms with Crippen LogP contribution in [0, 0.1) is 5.92 Å². The van der Waals surface area contributed by atoms with E-state index < -0.39 is 11.6 Å². The van der Waals surface area contributed by atoms with Gasteiger partial charge in [0.2, 0.25) is 0 Å². The molecule has 142 valence electrons. The zero-order valence-corrected chi connectivity index (χ0v) is 15.6. The molecule has 1 aromatic rings. The molecular formula is C21H30NO4+. The van der Waals surface area contributed by atoms with Gasteiger partial charge < -0.3 is 19.4 Å². The molecule has 1 heterocycles. The predicted molar refractivity (Wildman–Crippen MR) is 99.3 cm³/mol. The van der Waals surface area contributed by atoms with E-state index in [0.29, 0.717) is 23.1 Å². The number of likely N-dealkylation sites (N-methyl/N-ethyl adjacent to an activating group) is 1. The monoisotopic (exact) mass is 360 g/mol. The molecule has 0 amide bonds. The van der Waals surface area contributed by atoms with Gasteiger partial charge in [-0.15, -0.1) is 0 Å². The predicted octanol–water partition coefficient (Wildman–Crippen LogP) is 2.90. The van der Waals surface area contributed by atoms with Crippen molar-refractivity contribution in [2.75, 3.05) is 26.7 Å². The molecule has 3 unspecified atom stereocenters. The topological polar surface area (TPSA) is 66.8 Å². The number of ether oxygens (including phenoxy) is 1. The summed E-state index contributed by atoms with van der Waals surface area (Å²) in [6, 6.07) is 9.19. The average Bonchev–Trinajstić information content (AvgIpc) is 3.25. The standard InChI is InChI=1S/C21H29NO4/c1-16(23)14-22(2)13-12-19(15-22)26-20(24)21(25,18-10-6-7-11-18)17-8-4-3-5-9-17/h3-5,8-9,18-19,25H,1,6-7,10-15H2,2H3/p+1. The van der Waals surface area contributed by atoms with Gasteiger partial charge in [-0.3, -0.25) is 0 Å². The summed E-state index contributed by atoms with van der Waals surface area (Å²) in [6.45, 7) is 5.47. The van der Waals surface area contributed by atoms with E-state index in [2.05, 4.69) is 6.58 Å². The molecule has 1 aliphatic carbocycles. The molecule has 3 rings (SSSR count). The highest BCUT2D eigenvalue weighted by Gasteiger charge is 2.49. The lowest BCUT2D eigenvalue weighted by Crippen LogP contribution is -2.47. The SMILES string of the molecule is C=C(O)C[N+]1(C)CCC(OC(=O)C(O)(c2ccccc2)C2CCCC2)C1. The molecule has 0 bridgehead atoms. The number of likely N-dealkylation sites (tertiary alicyclic amines) is 1. The third-order valence-electron chi connectivity index (χ3n) is 5.94. The van der Waals surface area contributed by atoms with Crippen molar-refractivity contribution in [2.24, 2.45) is 5.92 Å². The highest BCUT2D eigenvalue weighted by Crippen LogP contribution is 2.42. The van der Waals surface area contributed by atoms with Crippen molar-refractivity contribution in [3.63, 3.8) is 0 Å². The van der Waals surface area contributed by atoms with Gasteiger partial charge in [-0.05, 0) is 18.4 Å². The molecule has 1 aliphatic heterocycles. The van der Waals surface area contributed by atoms with Crippen molar-refractivity contribution >= 4 is 5.97 Å². The van der Waals surface area contributed by atoms with Crippen LogP contribution in [0.3, 0.4) is 0 Å². The summed E-state index contributed by atoms with van der Waals surface area (Å²) in [7, 11) is 2.02. The number of quaternary nitrogens is 1. The second-order valence-electron chi connectivity index (χ2n) is 8.18. The Balaban J connectivity index is 1.76. The van der Waals surface area contributed by atoms with Crippen LogP contribution >= 0.6 is 0 Å². The largest absolute Gasteiger partial charge is 0.507 e. The summed E-state index contributed by atoms with van der Waals surface area (Å²) in [5.41, 5.74) is -0.958. The summed E-state index contributed by atoms with van der Waals surface area (Å²) in [5, 5.41) is 21.0. The molecule has 1 saturated heterocycles. The Morgan fingerprint density at radius 3 is 2.54 bits per heavy atom. The summed E-state index contributed by atoms with van der Waals surface area (Å²) >= 11 is 0. The number of hydrogen-bond acceptors (Lipinski definition) is 4. The van der Waals surface area contributed by atoms with Crippen LogP contribution in [0.15, 0.2) is 42.7 Å². The van der Waals surface area contributed by atoms with E-state index in [1.807, 2.05) is 37.4 Å². The van der Waals surface area contributed by atoms with Crippen LogP contribution in [-0.4, -0.2) is 53.5 Å². The maximum Gasteiger partial charge on any atom is 0.343 e. The normalized spacial score (nSPS) is 28.6. The Hall–Kier alpha value is -1.85. The molecule has 0 spiro atoms. The lowest BCUT2D eigenvalue weighted by atomic mass is 9.80. The van der Waals surface area contributed by atoms with Crippen LogP contribution in [0.5, 0.6) is 0 Å². The molecule has 0 aromatic heterocycles. The van der Waals surface area contributed by atoms with E-state index in [4.69, 9.17) is 4.74 Å². The van der Waals surface area contributed by atoms with E-state index in [1.165, 1.54) is 0 Å². The Kier molecular flexibility index (Phi) is 5.39. The van der Waals surface area contributed by atoms with Gasteiger partial charge in [-0.1, -0.05) is 49.8 Å². The van der Waals surface area contributed by atoms with Gasteiger partial charge in [-0.2, -0.15) is 0 Å². The van der Waals surface area contributed by atoms with Crippen molar-refractivity contribution < 1.29 is 24.2 Å². The van der Waals surface area contributed by atoms with Gasteiger partial charge in [0.25, 0.3) is 0 Å². The zero-order valence-electron chi connectivity index (χ0n) is 15.6. The smallest absolute Gasteiger partial charge is 0.343 e. The lowest BCUT2D eigenvalue weighted by Gasteiger charge is -2.33. The first-order valence-corrected chi connectivity index (χ1v) is 9.53. The average molecular weight is 360 g/mol. The molecule has 2 N–H and O–H groups in total. The van der Waals surface area contributed by atoms with Crippen LogP contribution in [-0.2, 0) is 15.1 Å². The van der Waals surface area contributed by atoms with Crippen LogP contribution < -0.4 is 0 Å². The Labute approximate surface area is 155 Å². The molecule has 1 saturated carbocycles. The van der Waals surface area contributed by atoms with E-state index in [1.54, 1.807) is 0 Å². The van der Waals surface area contributed by atoms with Crippen LogP contribution in [0.4, 0.5) is 0 Å². The fourth-order valence-corrected chi connectivity index (χ4v) is 4.61. The van der Waals surface area contributed by atoms with Gasteiger partial charge in [0.05, 0.1) is 13.6 Å². The molecule has 2 aliphatic rings. The van der Waals surface area contributed by atoms with Crippen molar-refractivity contribution in [3.05, 3.63) is 48.2 Å². The molecule has 3 atom stereocenters. The highest BCUT2D eigenvalue weighted by molar-refractivity contribution is 5.81. The number of benzene rings is 1. The van der Waals surface area contributed by atoms with Crippen molar-refractivity contribution in [1.82, 2.24) is 0 Å². The molecule has 2 fully saturated rings. The van der Waals surface area contributed by atoms with Crippen LogP contribution in [0.1, 0.15) is 37.7 Å². The highest BCUT2D eigenvalue weighted by atomic mass is 16.6. The summed E-state index contributed by atoms with van der Waals surface area (Å²) in [6.07, 6.45) is 4.22. The number of carbonyl (C=O) groups is 1. The number of hydrogen-bond donors (Lipinski definition) is 2. The molecule has 5 heteroatoms. The van der Waals surface area contributed by atoms with Gasteiger partial charge in [0.15, 0.2) is 11.7 Å². The number of carbonyl (C=O) groups excluding carboxylic acids is 1. The minimum Gasteiger partial charge on any atom is -0.507 e. The van der Waals surface area contributed by atoms with Crippen LogP contribution in [0.2, 0.25) is 0 Å². The number of nitrogens with zero attached hydrogens (tertiary/aromatic N) is 1. The number of rotatable bonds is 6. The first-order valence-electron chi connectivity index (χ1n) is 9.53. The molecule has 26 heavy (non-hydrogen) atoms. The maximum atomic E-state index is 13.1. The van der Waals surface area contributed by atoms with E-state index >= 15 is 0 Å².